The van der Waals surface area contributed by atoms with Crippen LogP contribution in [0.2, 0.25) is 0 Å². The number of nitrogens with one attached hydrogen (secondary N) is 1. The Hall–Kier alpha value is -4.41. The van der Waals surface area contributed by atoms with Crippen molar-refractivity contribution in [2.75, 3.05) is 6.54 Å². The average molecular weight is 594 g/mol. The van der Waals surface area contributed by atoms with Crippen LogP contribution in [0, 0.1) is 5.92 Å². The second kappa shape index (κ2) is 13.3. The number of nitrogens with zero attached hydrogens (tertiary/aromatic N) is 2. The van der Waals surface area contributed by atoms with Gasteiger partial charge >= 0.3 is 18.0 Å². The lowest BCUT2D eigenvalue weighted by molar-refractivity contribution is -0.148. The summed E-state index contributed by atoms with van der Waals surface area (Å²) in [7, 11) is 0. The Kier molecular flexibility index (Phi) is 9.73. The van der Waals surface area contributed by atoms with Crippen LogP contribution in [0.3, 0.4) is 0 Å². The molecule has 0 spiro atoms. The fraction of sp³-hybridized carbons (Fsp3) is 0.469. The molecule has 2 heterocycles. The molecular weight excluding hydrogens is 554 g/mol. The molecule has 43 heavy (non-hydrogen) atoms. The molecule has 0 saturated carbocycles. The van der Waals surface area contributed by atoms with Crippen LogP contribution in [0.1, 0.15) is 52.2 Å². The molecule has 0 bridgehead atoms. The van der Waals surface area contributed by atoms with Gasteiger partial charge in [0.25, 0.3) is 0 Å². The van der Waals surface area contributed by atoms with Crippen LogP contribution < -0.4 is 5.32 Å². The van der Waals surface area contributed by atoms with Crippen molar-refractivity contribution in [3.05, 3.63) is 71.8 Å². The lowest BCUT2D eigenvalue weighted by atomic mass is 10.0. The van der Waals surface area contributed by atoms with Gasteiger partial charge in [-0.3, -0.25) is 9.59 Å². The molecule has 4 rings (SSSR count). The number of carbonyl (C=O) groups is 5. The normalized spacial score (nSPS) is 19.7. The zero-order valence-electron chi connectivity index (χ0n) is 25.1. The molecule has 2 saturated heterocycles. The molecule has 0 radical (unpaired) electrons. The van der Waals surface area contributed by atoms with E-state index in [-0.39, 0.29) is 25.7 Å². The first-order valence-electron chi connectivity index (χ1n) is 14.4. The SMILES string of the molecule is CC(C)C[C@H](NC(=O)OC(C)(C)C)C(=O)N1C[C@H]1C(=O)N1[C@H](C(=O)OCc2ccccc2)[C@@H]1C(=O)OCc1ccccc1. The van der Waals surface area contributed by atoms with Crippen molar-refractivity contribution in [3.8, 4) is 0 Å². The first-order chi connectivity index (χ1) is 20.4. The summed E-state index contributed by atoms with van der Waals surface area (Å²) in [6.45, 7) is 9.03. The number of amides is 3. The van der Waals surface area contributed by atoms with E-state index < -0.39 is 59.6 Å². The predicted octanol–water partition coefficient (Wildman–Crippen LogP) is 3.20. The molecule has 2 aromatic carbocycles. The van der Waals surface area contributed by atoms with Crippen molar-refractivity contribution in [2.45, 2.75) is 84.0 Å². The maximum absolute atomic E-state index is 13.5. The highest BCUT2D eigenvalue weighted by Crippen LogP contribution is 2.36. The third kappa shape index (κ3) is 8.56. The summed E-state index contributed by atoms with van der Waals surface area (Å²) in [5.41, 5.74) is 0.761. The van der Waals surface area contributed by atoms with Crippen LogP contribution in [0.25, 0.3) is 0 Å². The van der Waals surface area contributed by atoms with Gasteiger partial charge in [-0.1, -0.05) is 74.5 Å². The molecule has 11 heteroatoms. The monoisotopic (exact) mass is 593 g/mol. The van der Waals surface area contributed by atoms with E-state index in [1.165, 1.54) is 4.90 Å². The molecular formula is C32H39N3O8. The smallest absolute Gasteiger partial charge is 0.408 e. The van der Waals surface area contributed by atoms with Crippen LogP contribution in [0.5, 0.6) is 0 Å². The van der Waals surface area contributed by atoms with Gasteiger partial charge in [-0.2, -0.15) is 0 Å². The molecule has 3 amide bonds. The molecule has 2 fully saturated rings. The second-order valence-corrected chi connectivity index (χ2v) is 12.2. The zero-order valence-corrected chi connectivity index (χ0v) is 25.1. The molecule has 0 unspecified atom stereocenters. The Bertz CT molecular complexity index is 1260. The van der Waals surface area contributed by atoms with E-state index >= 15 is 0 Å². The average Bonchev–Trinajstić information content (AvgIpc) is 3.87. The second-order valence-electron chi connectivity index (χ2n) is 12.2. The fourth-order valence-electron chi connectivity index (χ4n) is 4.73. The molecule has 4 atom stereocenters. The first kappa shape index (κ1) is 31.5. The molecule has 2 aliphatic heterocycles. The maximum Gasteiger partial charge on any atom is 0.408 e. The van der Waals surface area contributed by atoms with Gasteiger partial charge < -0.3 is 29.3 Å². The van der Waals surface area contributed by atoms with Crippen LogP contribution in [0.4, 0.5) is 4.79 Å². The largest absolute Gasteiger partial charge is 0.459 e. The summed E-state index contributed by atoms with van der Waals surface area (Å²) < 4.78 is 16.2. The van der Waals surface area contributed by atoms with Crippen molar-refractivity contribution in [3.63, 3.8) is 0 Å². The van der Waals surface area contributed by atoms with Crippen molar-refractivity contribution < 1.29 is 38.2 Å². The van der Waals surface area contributed by atoms with Gasteiger partial charge in [0.05, 0.1) is 6.54 Å². The predicted molar refractivity (Wildman–Crippen MR) is 155 cm³/mol. The number of alkyl carbamates (subject to hydrolysis) is 1. The quantitative estimate of drug-likeness (QED) is 0.239. The Balaban J connectivity index is 1.43. The van der Waals surface area contributed by atoms with Gasteiger partial charge in [0, 0.05) is 0 Å². The van der Waals surface area contributed by atoms with Crippen molar-refractivity contribution in [1.82, 2.24) is 15.1 Å². The minimum atomic E-state index is -1.16. The molecule has 2 aromatic rings. The van der Waals surface area contributed by atoms with Gasteiger partial charge in [0.1, 0.15) is 30.9 Å². The summed E-state index contributed by atoms with van der Waals surface area (Å²) in [4.78, 5) is 67.8. The topological polar surface area (TPSA) is 131 Å². The summed E-state index contributed by atoms with van der Waals surface area (Å²) in [6.07, 6.45) is -0.396. The minimum absolute atomic E-state index is 0.0226. The molecule has 0 aromatic heterocycles. The molecule has 11 nitrogen and oxygen atoms in total. The minimum Gasteiger partial charge on any atom is -0.459 e. The number of rotatable bonds is 11. The molecule has 2 aliphatic rings. The van der Waals surface area contributed by atoms with Gasteiger partial charge in [-0.15, -0.1) is 0 Å². The zero-order chi connectivity index (χ0) is 31.3. The van der Waals surface area contributed by atoms with Gasteiger partial charge in [-0.05, 0) is 44.2 Å². The van der Waals surface area contributed by atoms with E-state index in [4.69, 9.17) is 14.2 Å². The third-order valence-corrected chi connectivity index (χ3v) is 6.87. The maximum atomic E-state index is 13.5. The number of hydrogen-bond acceptors (Lipinski definition) is 8. The highest BCUT2D eigenvalue weighted by atomic mass is 16.6. The summed E-state index contributed by atoms with van der Waals surface area (Å²) in [6, 6.07) is 14.0. The first-order valence-corrected chi connectivity index (χ1v) is 14.4. The van der Waals surface area contributed by atoms with E-state index in [2.05, 4.69) is 5.32 Å². The number of hydrogen-bond donors (Lipinski definition) is 1. The Morgan fingerprint density at radius 2 is 1.33 bits per heavy atom. The van der Waals surface area contributed by atoms with Crippen LogP contribution in [-0.2, 0) is 46.6 Å². The van der Waals surface area contributed by atoms with E-state index in [1.54, 1.807) is 45.0 Å². The van der Waals surface area contributed by atoms with E-state index in [9.17, 15) is 24.0 Å². The summed E-state index contributed by atoms with van der Waals surface area (Å²) in [5, 5.41) is 2.62. The van der Waals surface area contributed by atoms with Crippen molar-refractivity contribution >= 4 is 29.8 Å². The Morgan fingerprint density at radius 3 is 1.77 bits per heavy atom. The standard InChI is InChI=1S/C32H39N3O8/c1-20(2)16-23(33-31(40)43-32(3,4)5)27(36)34-17-24(34)28(37)35-25(29(38)41-18-21-12-8-6-9-13-21)26(35)30(39)42-19-22-14-10-7-11-15-22/h6-15,20,23-26H,16-19H2,1-5H3,(H,33,40)/t23-,24-,25-,26+,34?,35?/m0/s1. The van der Waals surface area contributed by atoms with Gasteiger partial charge in [0.2, 0.25) is 11.8 Å². The van der Waals surface area contributed by atoms with E-state index in [0.717, 1.165) is 16.0 Å². The third-order valence-electron chi connectivity index (χ3n) is 6.87. The summed E-state index contributed by atoms with van der Waals surface area (Å²) >= 11 is 0. The van der Waals surface area contributed by atoms with Gasteiger partial charge in [-0.25, -0.2) is 14.4 Å². The number of ether oxygens (including phenoxy) is 3. The Labute approximate surface area is 251 Å². The van der Waals surface area contributed by atoms with Gasteiger partial charge in [0.15, 0.2) is 12.1 Å². The lowest BCUT2D eigenvalue weighted by Gasteiger charge is -2.24. The fourth-order valence-corrected chi connectivity index (χ4v) is 4.73. The molecule has 1 N–H and O–H groups in total. The van der Waals surface area contributed by atoms with Crippen LogP contribution in [-0.4, -0.2) is 76.0 Å². The highest BCUT2D eigenvalue weighted by molar-refractivity contribution is 6.05. The van der Waals surface area contributed by atoms with Crippen LogP contribution >= 0.6 is 0 Å². The van der Waals surface area contributed by atoms with Crippen LogP contribution in [0.15, 0.2) is 60.7 Å². The molecule has 0 aliphatic carbocycles. The Morgan fingerprint density at radius 1 is 0.837 bits per heavy atom. The summed E-state index contributed by atoms with van der Waals surface area (Å²) in [5.74, 6) is -2.40. The number of carbonyl (C=O) groups excluding carboxylic acids is 5. The highest BCUT2D eigenvalue weighted by Gasteiger charge is 2.65. The number of esters is 2. The van der Waals surface area contributed by atoms with Crippen molar-refractivity contribution in [1.29, 1.82) is 0 Å². The molecule has 230 valence electrons. The van der Waals surface area contributed by atoms with Crippen molar-refractivity contribution in [2.24, 2.45) is 5.92 Å². The van der Waals surface area contributed by atoms with E-state index in [1.807, 2.05) is 50.2 Å². The number of benzene rings is 2. The van der Waals surface area contributed by atoms with E-state index in [0.29, 0.717) is 6.42 Å². The lowest BCUT2D eigenvalue weighted by Crippen LogP contribution is -2.47.